The van der Waals surface area contributed by atoms with E-state index in [1.54, 1.807) is 6.20 Å². The molecule has 2 aromatic rings. The van der Waals surface area contributed by atoms with Crippen LogP contribution in [0.1, 0.15) is 24.6 Å². The van der Waals surface area contributed by atoms with Crippen molar-refractivity contribution >= 4 is 11.6 Å². The Morgan fingerprint density at radius 2 is 2.41 bits per heavy atom. The average Bonchev–Trinajstić information content (AvgIpc) is 3.00. The van der Waals surface area contributed by atoms with E-state index in [9.17, 15) is 0 Å². The minimum Gasteiger partial charge on any atom is -0.359 e. The fourth-order valence-corrected chi connectivity index (χ4v) is 2.30. The van der Waals surface area contributed by atoms with Crippen LogP contribution in [-0.2, 0) is 0 Å². The SMILES string of the molecule is Clc1ncccc1-c1cc(C2CCCN2)on1. The number of rotatable bonds is 2. The third-order valence-corrected chi connectivity index (χ3v) is 3.27. The Balaban J connectivity index is 1.92. The van der Waals surface area contributed by atoms with Gasteiger partial charge in [0.25, 0.3) is 0 Å². The molecular formula is C12H12ClN3O. The van der Waals surface area contributed by atoms with Crippen molar-refractivity contribution in [3.05, 3.63) is 35.3 Å². The molecule has 1 unspecified atom stereocenters. The lowest BCUT2D eigenvalue weighted by Gasteiger charge is -2.02. The minimum atomic E-state index is 0.284. The summed E-state index contributed by atoms with van der Waals surface area (Å²) >= 11 is 6.02. The number of aromatic nitrogens is 2. The summed E-state index contributed by atoms with van der Waals surface area (Å²) < 4.78 is 5.36. The predicted octanol–water partition coefficient (Wildman–Crippen LogP) is 2.81. The molecule has 3 rings (SSSR count). The first-order valence-corrected chi connectivity index (χ1v) is 6.03. The van der Waals surface area contributed by atoms with Crippen LogP contribution in [0.25, 0.3) is 11.3 Å². The van der Waals surface area contributed by atoms with Gasteiger partial charge in [0, 0.05) is 17.8 Å². The van der Waals surface area contributed by atoms with Crippen LogP contribution >= 0.6 is 11.6 Å². The Hall–Kier alpha value is -1.39. The molecular weight excluding hydrogens is 238 g/mol. The molecule has 0 radical (unpaired) electrons. The second-order valence-electron chi connectivity index (χ2n) is 4.11. The molecule has 3 heterocycles. The first kappa shape index (κ1) is 10.7. The van der Waals surface area contributed by atoms with Gasteiger partial charge in [-0.1, -0.05) is 16.8 Å². The second-order valence-corrected chi connectivity index (χ2v) is 4.46. The molecule has 1 aliphatic rings. The molecule has 17 heavy (non-hydrogen) atoms. The molecule has 0 spiro atoms. The molecule has 1 aliphatic heterocycles. The van der Waals surface area contributed by atoms with Gasteiger partial charge in [0.05, 0.1) is 6.04 Å². The largest absolute Gasteiger partial charge is 0.359 e. The smallest absolute Gasteiger partial charge is 0.154 e. The third kappa shape index (κ3) is 2.06. The van der Waals surface area contributed by atoms with Crippen molar-refractivity contribution in [3.8, 4) is 11.3 Å². The maximum atomic E-state index is 6.02. The molecule has 1 atom stereocenters. The van der Waals surface area contributed by atoms with Gasteiger partial charge in [-0.05, 0) is 31.5 Å². The van der Waals surface area contributed by atoms with Gasteiger partial charge < -0.3 is 9.84 Å². The van der Waals surface area contributed by atoms with Crippen LogP contribution in [0, 0.1) is 0 Å². The highest BCUT2D eigenvalue weighted by Crippen LogP contribution is 2.29. The quantitative estimate of drug-likeness (QED) is 0.832. The standard InChI is InChI=1S/C12H12ClN3O/c13-12-8(3-1-6-15-12)10-7-11(17-16-10)9-4-2-5-14-9/h1,3,6-7,9,14H,2,4-5H2. The van der Waals surface area contributed by atoms with Crippen LogP contribution in [0.15, 0.2) is 28.9 Å². The summed E-state index contributed by atoms with van der Waals surface area (Å²) in [5.74, 6) is 0.873. The van der Waals surface area contributed by atoms with Gasteiger partial charge in [0.1, 0.15) is 10.8 Å². The minimum absolute atomic E-state index is 0.284. The maximum absolute atomic E-state index is 6.02. The lowest BCUT2D eigenvalue weighted by atomic mass is 10.1. The van der Waals surface area contributed by atoms with E-state index in [0.717, 1.165) is 30.0 Å². The van der Waals surface area contributed by atoms with Crippen LogP contribution in [0.4, 0.5) is 0 Å². The zero-order valence-electron chi connectivity index (χ0n) is 9.19. The van der Waals surface area contributed by atoms with Crippen molar-refractivity contribution in [3.63, 3.8) is 0 Å². The maximum Gasteiger partial charge on any atom is 0.154 e. The Bertz CT molecular complexity index is 520. The molecule has 1 saturated heterocycles. The van der Waals surface area contributed by atoms with Crippen LogP contribution < -0.4 is 5.32 Å². The molecule has 0 saturated carbocycles. The van der Waals surface area contributed by atoms with Gasteiger partial charge in [0.2, 0.25) is 0 Å². The number of nitrogens with zero attached hydrogens (tertiary/aromatic N) is 2. The van der Waals surface area contributed by atoms with Gasteiger partial charge >= 0.3 is 0 Å². The van der Waals surface area contributed by atoms with Crippen molar-refractivity contribution in [2.75, 3.05) is 6.54 Å². The zero-order chi connectivity index (χ0) is 11.7. The number of hydrogen-bond acceptors (Lipinski definition) is 4. The molecule has 88 valence electrons. The van der Waals surface area contributed by atoms with E-state index in [4.69, 9.17) is 16.1 Å². The summed E-state index contributed by atoms with van der Waals surface area (Å²) in [6.45, 7) is 1.04. The number of pyridine rings is 1. The lowest BCUT2D eigenvalue weighted by molar-refractivity contribution is 0.353. The normalized spacial score (nSPS) is 19.7. The highest BCUT2D eigenvalue weighted by atomic mass is 35.5. The third-order valence-electron chi connectivity index (χ3n) is 2.97. The van der Waals surface area contributed by atoms with E-state index in [1.165, 1.54) is 6.42 Å². The zero-order valence-corrected chi connectivity index (χ0v) is 9.94. The van der Waals surface area contributed by atoms with Crippen molar-refractivity contribution in [2.45, 2.75) is 18.9 Å². The second kappa shape index (κ2) is 4.47. The summed E-state index contributed by atoms with van der Waals surface area (Å²) in [7, 11) is 0. The summed E-state index contributed by atoms with van der Waals surface area (Å²) in [5.41, 5.74) is 1.55. The highest BCUT2D eigenvalue weighted by Gasteiger charge is 2.21. The summed E-state index contributed by atoms with van der Waals surface area (Å²) in [6, 6.07) is 5.94. The number of halogens is 1. The first-order chi connectivity index (χ1) is 8.34. The highest BCUT2D eigenvalue weighted by molar-refractivity contribution is 6.31. The van der Waals surface area contributed by atoms with Crippen molar-refractivity contribution in [1.29, 1.82) is 0 Å². The molecule has 0 aliphatic carbocycles. The van der Waals surface area contributed by atoms with Crippen molar-refractivity contribution in [2.24, 2.45) is 0 Å². The van der Waals surface area contributed by atoms with Crippen molar-refractivity contribution < 1.29 is 4.52 Å². The van der Waals surface area contributed by atoms with E-state index in [0.29, 0.717) is 5.15 Å². The molecule has 2 aromatic heterocycles. The van der Waals surface area contributed by atoms with Gasteiger partial charge in [-0.25, -0.2) is 4.98 Å². The number of hydrogen-bond donors (Lipinski definition) is 1. The molecule has 1 N–H and O–H groups in total. The lowest BCUT2D eigenvalue weighted by Crippen LogP contribution is -2.11. The topological polar surface area (TPSA) is 51.0 Å². The van der Waals surface area contributed by atoms with Crippen LogP contribution in [0.3, 0.4) is 0 Å². The molecule has 4 nitrogen and oxygen atoms in total. The molecule has 0 aromatic carbocycles. The van der Waals surface area contributed by atoms with Crippen molar-refractivity contribution in [1.82, 2.24) is 15.5 Å². The van der Waals surface area contributed by atoms with Gasteiger partial charge in [0.15, 0.2) is 5.76 Å². The van der Waals surface area contributed by atoms with Gasteiger partial charge in [-0.3, -0.25) is 0 Å². The Morgan fingerprint density at radius 1 is 1.47 bits per heavy atom. The fraction of sp³-hybridized carbons (Fsp3) is 0.333. The Morgan fingerprint density at radius 3 is 3.18 bits per heavy atom. The number of nitrogens with one attached hydrogen (secondary N) is 1. The Labute approximate surface area is 104 Å². The molecule has 5 heteroatoms. The first-order valence-electron chi connectivity index (χ1n) is 5.65. The molecule has 0 bridgehead atoms. The van der Waals surface area contributed by atoms with E-state index in [1.807, 2.05) is 18.2 Å². The fourth-order valence-electron chi connectivity index (χ4n) is 2.08. The molecule has 1 fully saturated rings. The molecule has 0 amide bonds. The monoisotopic (exact) mass is 249 g/mol. The van der Waals surface area contributed by atoms with Gasteiger partial charge in [-0.2, -0.15) is 0 Å². The predicted molar refractivity (Wildman–Crippen MR) is 64.7 cm³/mol. The van der Waals surface area contributed by atoms with Crippen LogP contribution in [0.5, 0.6) is 0 Å². The van der Waals surface area contributed by atoms with E-state index < -0.39 is 0 Å². The average molecular weight is 250 g/mol. The summed E-state index contributed by atoms with van der Waals surface area (Å²) in [6.07, 6.45) is 3.93. The van der Waals surface area contributed by atoms with E-state index in [-0.39, 0.29) is 6.04 Å². The van der Waals surface area contributed by atoms with Gasteiger partial charge in [-0.15, -0.1) is 0 Å². The van der Waals surface area contributed by atoms with E-state index in [2.05, 4.69) is 15.5 Å². The summed E-state index contributed by atoms with van der Waals surface area (Å²) in [5, 5.41) is 7.87. The summed E-state index contributed by atoms with van der Waals surface area (Å²) in [4.78, 5) is 4.03. The van der Waals surface area contributed by atoms with E-state index >= 15 is 0 Å². The van der Waals surface area contributed by atoms with Crippen LogP contribution in [0.2, 0.25) is 5.15 Å². The van der Waals surface area contributed by atoms with Crippen LogP contribution in [-0.4, -0.2) is 16.7 Å². The Kier molecular flexibility index (Phi) is 2.82.